The Labute approximate surface area is 144 Å². The quantitative estimate of drug-likeness (QED) is 0.911. The molecule has 1 fully saturated rings. The maximum Gasteiger partial charge on any atom is 0.227 e. The molecule has 1 N–H and O–H groups in total. The third-order valence-electron chi connectivity index (χ3n) is 4.35. The highest BCUT2D eigenvalue weighted by molar-refractivity contribution is 5.66. The first-order chi connectivity index (χ1) is 11.7. The molecular formula is C19H26N4O. The molecule has 1 aliphatic heterocycles. The zero-order valence-corrected chi connectivity index (χ0v) is 14.8. The fourth-order valence-electron chi connectivity index (χ4n) is 3.09. The Morgan fingerprint density at radius 1 is 1.00 bits per heavy atom. The maximum atomic E-state index is 5.45. The molecule has 1 aliphatic rings. The minimum atomic E-state index is 0.811. The van der Waals surface area contributed by atoms with Crippen molar-refractivity contribution >= 4 is 17.5 Å². The van der Waals surface area contributed by atoms with Crippen LogP contribution >= 0.6 is 0 Å². The van der Waals surface area contributed by atoms with E-state index in [2.05, 4.69) is 28.2 Å². The third kappa shape index (κ3) is 3.96. The van der Waals surface area contributed by atoms with Crippen molar-refractivity contribution in [2.75, 3.05) is 30.4 Å². The van der Waals surface area contributed by atoms with Gasteiger partial charge in [-0.1, -0.05) is 18.9 Å². The number of rotatable bonds is 4. The Morgan fingerprint density at radius 3 is 2.46 bits per heavy atom. The van der Waals surface area contributed by atoms with E-state index >= 15 is 0 Å². The average molecular weight is 326 g/mol. The van der Waals surface area contributed by atoms with Crippen molar-refractivity contribution in [3.8, 4) is 5.75 Å². The van der Waals surface area contributed by atoms with Gasteiger partial charge in [-0.2, -0.15) is 4.98 Å². The fraction of sp³-hybridized carbons (Fsp3) is 0.474. The molecule has 0 unspecified atom stereocenters. The van der Waals surface area contributed by atoms with E-state index in [1.54, 1.807) is 7.11 Å². The molecule has 1 aromatic heterocycles. The zero-order chi connectivity index (χ0) is 16.9. The van der Waals surface area contributed by atoms with E-state index in [1.165, 1.54) is 31.2 Å². The molecule has 0 aliphatic carbocycles. The summed E-state index contributed by atoms with van der Waals surface area (Å²) in [6.07, 6.45) is 5.03. The van der Waals surface area contributed by atoms with Crippen LogP contribution in [0.1, 0.15) is 36.9 Å². The van der Waals surface area contributed by atoms with Crippen LogP contribution in [0, 0.1) is 13.8 Å². The summed E-state index contributed by atoms with van der Waals surface area (Å²) in [6.45, 7) is 6.16. The molecule has 3 rings (SSSR count). The molecule has 2 heterocycles. The lowest BCUT2D eigenvalue weighted by atomic mass is 10.2. The van der Waals surface area contributed by atoms with Crippen LogP contribution in [0.4, 0.5) is 17.5 Å². The number of nitrogens with one attached hydrogen (secondary N) is 1. The minimum Gasteiger partial charge on any atom is -0.495 e. The molecule has 0 radical (unpaired) electrons. The predicted molar refractivity (Wildman–Crippen MR) is 98.5 cm³/mol. The smallest absolute Gasteiger partial charge is 0.227 e. The lowest BCUT2D eigenvalue weighted by Gasteiger charge is -2.21. The molecule has 0 spiro atoms. The molecule has 0 bridgehead atoms. The highest BCUT2D eigenvalue weighted by atomic mass is 16.5. The molecule has 2 aromatic rings. The molecule has 128 valence electrons. The number of ether oxygens (including phenoxy) is 1. The van der Waals surface area contributed by atoms with Crippen LogP contribution in [0.15, 0.2) is 24.3 Å². The van der Waals surface area contributed by atoms with Crippen molar-refractivity contribution < 1.29 is 4.74 Å². The van der Waals surface area contributed by atoms with Crippen LogP contribution in [0.3, 0.4) is 0 Å². The second-order valence-corrected chi connectivity index (χ2v) is 6.42. The maximum absolute atomic E-state index is 5.45. The van der Waals surface area contributed by atoms with Gasteiger partial charge >= 0.3 is 0 Å². The van der Waals surface area contributed by atoms with E-state index in [1.807, 2.05) is 25.1 Å². The van der Waals surface area contributed by atoms with Crippen molar-refractivity contribution in [3.63, 3.8) is 0 Å². The second-order valence-electron chi connectivity index (χ2n) is 6.42. The third-order valence-corrected chi connectivity index (χ3v) is 4.35. The van der Waals surface area contributed by atoms with Gasteiger partial charge in [0.25, 0.3) is 0 Å². The molecule has 0 atom stereocenters. The normalized spacial score (nSPS) is 15.0. The summed E-state index contributed by atoms with van der Waals surface area (Å²) in [6, 6.07) is 8.06. The van der Waals surface area contributed by atoms with Gasteiger partial charge in [0.05, 0.1) is 12.8 Å². The number of hydrogen-bond acceptors (Lipinski definition) is 5. The number of aryl methyl sites for hydroxylation is 2. The monoisotopic (exact) mass is 326 g/mol. The molecule has 5 nitrogen and oxygen atoms in total. The van der Waals surface area contributed by atoms with Crippen LogP contribution in [0.25, 0.3) is 0 Å². The van der Waals surface area contributed by atoms with E-state index in [0.29, 0.717) is 0 Å². The van der Waals surface area contributed by atoms with Crippen molar-refractivity contribution in [1.29, 1.82) is 0 Å². The van der Waals surface area contributed by atoms with Crippen molar-refractivity contribution in [2.24, 2.45) is 0 Å². The van der Waals surface area contributed by atoms with Gasteiger partial charge < -0.3 is 15.0 Å². The Bertz CT molecular complexity index is 694. The molecule has 24 heavy (non-hydrogen) atoms. The van der Waals surface area contributed by atoms with E-state index in [4.69, 9.17) is 9.72 Å². The van der Waals surface area contributed by atoms with Crippen molar-refractivity contribution in [1.82, 2.24) is 9.97 Å². The summed E-state index contributed by atoms with van der Waals surface area (Å²) in [5.41, 5.74) is 3.08. The van der Waals surface area contributed by atoms with Crippen LogP contribution < -0.4 is 15.0 Å². The van der Waals surface area contributed by atoms with Crippen molar-refractivity contribution in [3.05, 3.63) is 35.5 Å². The topological polar surface area (TPSA) is 50.3 Å². The Balaban J connectivity index is 1.87. The van der Waals surface area contributed by atoms with E-state index in [-0.39, 0.29) is 0 Å². The summed E-state index contributed by atoms with van der Waals surface area (Å²) < 4.78 is 5.45. The Hall–Kier alpha value is -2.30. The standard InChI is InChI=1S/C19H26N4O/c1-14-8-9-17(24-3)16(12-14)21-18-13-15(2)20-19(22-18)23-10-6-4-5-7-11-23/h8-9,12-13H,4-7,10-11H2,1-3H3,(H,20,21,22). The summed E-state index contributed by atoms with van der Waals surface area (Å²) in [7, 11) is 1.68. The number of hydrogen-bond donors (Lipinski definition) is 1. The second kappa shape index (κ2) is 7.51. The average Bonchev–Trinajstić information content (AvgIpc) is 2.84. The lowest BCUT2D eigenvalue weighted by molar-refractivity contribution is 0.416. The molecular weight excluding hydrogens is 300 g/mol. The summed E-state index contributed by atoms with van der Waals surface area (Å²) >= 11 is 0. The lowest BCUT2D eigenvalue weighted by Crippen LogP contribution is -2.26. The summed E-state index contributed by atoms with van der Waals surface area (Å²) in [5.74, 6) is 2.45. The van der Waals surface area contributed by atoms with Crippen molar-refractivity contribution in [2.45, 2.75) is 39.5 Å². The first-order valence-electron chi connectivity index (χ1n) is 8.68. The number of nitrogens with zero attached hydrogens (tertiary/aromatic N) is 3. The van der Waals surface area contributed by atoms with Gasteiger partial charge in [0.2, 0.25) is 5.95 Å². The van der Waals surface area contributed by atoms with Gasteiger partial charge in [-0.05, 0) is 44.4 Å². The highest BCUT2D eigenvalue weighted by Gasteiger charge is 2.14. The molecule has 1 aromatic carbocycles. The molecule has 5 heteroatoms. The first-order valence-corrected chi connectivity index (χ1v) is 8.68. The number of aromatic nitrogens is 2. The first kappa shape index (κ1) is 16.6. The largest absolute Gasteiger partial charge is 0.495 e. The number of benzene rings is 1. The van der Waals surface area contributed by atoms with Crippen LogP contribution in [0.2, 0.25) is 0 Å². The van der Waals surface area contributed by atoms with E-state index in [0.717, 1.165) is 42.0 Å². The van der Waals surface area contributed by atoms with Gasteiger partial charge in [-0.25, -0.2) is 4.98 Å². The number of methoxy groups -OCH3 is 1. The fourth-order valence-corrected chi connectivity index (χ4v) is 3.09. The van der Waals surface area contributed by atoms with Gasteiger partial charge in [-0.3, -0.25) is 0 Å². The van der Waals surface area contributed by atoms with E-state index in [9.17, 15) is 0 Å². The van der Waals surface area contributed by atoms with Crippen LogP contribution in [-0.2, 0) is 0 Å². The van der Waals surface area contributed by atoms with E-state index < -0.39 is 0 Å². The highest BCUT2D eigenvalue weighted by Crippen LogP contribution is 2.29. The molecule has 1 saturated heterocycles. The van der Waals surface area contributed by atoms with Crippen LogP contribution in [-0.4, -0.2) is 30.2 Å². The zero-order valence-electron chi connectivity index (χ0n) is 14.8. The minimum absolute atomic E-state index is 0.811. The Morgan fingerprint density at radius 2 is 1.75 bits per heavy atom. The Kier molecular flexibility index (Phi) is 5.18. The van der Waals surface area contributed by atoms with Crippen LogP contribution in [0.5, 0.6) is 5.75 Å². The van der Waals surface area contributed by atoms with Gasteiger partial charge in [0.15, 0.2) is 0 Å². The van der Waals surface area contributed by atoms with Gasteiger partial charge in [0.1, 0.15) is 11.6 Å². The number of anilines is 3. The molecule has 0 saturated carbocycles. The molecule has 0 amide bonds. The SMILES string of the molecule is COc1ccc(C)cc1Nc1cc(C)nc(N2CCCCCC2)n1. The van der Waals surface area contributed by atoms with Gasteiger partial charge in [-0.15, -0.1) is 0 Å². The van der Waals surface area contributed by atoms with Gasteiger partial charge in [0, 0.05) is 24.8 Å². The summed E-state index contributed by atoms with van der Waals surface area (Å²) in [4.78, 5) is 11.7. The summed E-state index contributed by atoms with van der Waals surface area (Å²) in [5, 5.41) is 3.40. The predicted octanol–water partition coefficient (Wildman–Crippen LogP) is 4.23.